The molecule has 1 unspecified atom stereocenters. The van der Waals surface area contributed by atoms with Crippen LogP contribution in [-0.2, 0) is 4.74 Å². The second-order valence-corrected chi connectivity index (χ2v) is 8.20. The highest BCUT2D eigenvalue weighted by atomic mass is 32.1. The number of ether oxygens (including phenoxy) is 3. The molecular formula is C23H21FN4O5S. The number of hydrogen-bond donors (Lipinski definition) is 1. The number of aromatic nitrogens is 3. The highest BCUT2D eigenvalue weighted by Crippen LogP contribution is 2.31. The molecule has 9 nitrogen and oxygen atoms in total. The summed E-state index contributed by atoms with van der Waals surface area (Å²) in [6.07, 6.45) is 0.710. The molecule has 0 fully saturated rings. The van der Waals surface area contributed by atoms with Crippen molar-refractivity contribution < 1.29 is 27.8 Å². The van der Waals surface area contributed by atoms with Crippen molar-refractivity contribution in [3.05, 3.63) is 65.2 Å². The van der Waals surface area contributed by atoms with Crippen molar-refractivity contribution in [3.8, 4) is 28.7 Å². The molecule has 0 aliphatic rings. The SMILES string of the molecule is COCC(C)Oc1cc(Oc2ccc(-c3nnc(C)o3)cc2)ccc1C(=O)Nc1ncc(F)s1. The van der Waals surface area contributed by atoms with Crippen LogP contribution in [0.15, 0.2) is 53.1 Å². The average Bonchev–Trinajstić information content (AvgIpc) is 3.42. The lowest BCUT2D eigenvalue weighted by Gasteiger charge is -2.17. The summed E-state index contributed by atoms with van der Waals surface area (Å²) >= 11 is 0.734. The van der Waals surface area contributed by atoms with Crippen LogP contribution >= 0.6 is 11.3 Å². The standard InChI is InChI=1S/C23H21FN4O5S/c1-13(12-30-3)31-19-10-17(8-9-18(19)21(29)26-23-25-11-20(24)34-23)33-16-6-4-15(5-7-16)22-28-27-14(2)32-22/h4-11,13H,12H2,1-3H3,(H,25,26,29). The first-order valence-corrected chi connectivity index (χ1v) is 11.0. The number of thiazole rings is 1. The summed E-state index contributed by atoms with van der Waals surface area (Å²) in [5.74, 6) is 1.72. The van der Waals surface area contributed by atoms with Crippen molar-refractivity contribution >= 4 is 22.4 Å². The predicted octanol–water partition coefficient (Wildman–Crippen LogP) is 5.10. The largest absolute Gasteiger partial charge is 0.487 e. The Kier molecular flexibility index (Phi) is 7.14. The predicted molar refractivity (Wildman–Crippen MR) is 123 cm³/mol. The van der Waals surface area contributed by atoms with E-state index in [1.165, 1.54) is 0 Å². The maximum atomic E-state index is 13.2. The van der Waals surface area contributed by atoms with E-state index in [4.69, 9.17) is 18.6 Å². The van der Waals surface area contributed by atoms with Crippen LogP contribution in [0.3, 0.4) is 0 Å². The topological polar surface area (TPSA) is 109 Å². The number of benzene rings is 2. The Labute approximate surface area is 198 Å². The molecule has 11 heteroatoms. The number of carbonyl (C=O) groups excluding carboxylic acids is 1. The van der Waals surface area contributed by atoms with E-state index in [0.717, 1.165) is 23.1 Å². The molecule has 1 N–H and O–H groups in total. The van der Waals surface area contributed by atoms with Crippen molar-refractivity contribution in [3.63, 3.8) is 0 Å². The van der Waals surface area contributed by atoms with E-state index in [1.54, 1.807) is 56.5 Å². The average molecular weight is 485 g/mol. The fraction of sp³-hybridized carbons (Fsp3) is 0.217. The number of carbonyl (C=O) groups is 1. The number of rotatable bonds is 9. The van der Waals surface area contributed by atoms with E-state index in [0.29, 0.717) is 29.9 Å². The van der Waals surface area contributed by atoms with Gasteiger partial charge in [-0.25, -0.2) is 4.98 Å². The molecule has 2 aromatic carbocycles. The van der Waals surface area contributed by atoms with Crippen LogP contribution in [0.1, 0.15) is 23.2 Å². The van der Waals surface area contributed by atoms with Gasteiger partial charge >= 0.3 is 0 Å². The minimum atomic E-state index is -0.496. The van der Waals surface area contributed by atoms with Crippen molar-refractivity contribution in [2.45, 2.75) is 20.0 Å². The van der Waals surface area contributed by atoms with Crippen molar-refractivity contribution in [1.29, 1.82) is 0 Å². The van der Waals surface area contributed by atoms with Gasteiger partial charge in [-0.2, -0.15) is 4.39 Å². The number of nitrogens with one attached hydrogen (secondary N) is 1. The van der Waals surface area contributed by atoms with Gasteiger partial charge in [0.05, 0.1) is 18.4 Å². The van der Waals surface area contributed by atoms with E-state index in [9.17, 15) is 9.18 Å². The van der Waals surface area contributed by atoms with Gasteiger partial charge in [0, 0.05) is 25.7 Å². The molecule has 0 saturated carbocycles. The third kappa shape index (κ3) is 5.74. The highest BCUT2D eigenvalue weighted by Gasteiger charge is 2.18. The number of methoxy groups -OCH3 is 1. The smallest absolute Gasteiger partial charge is 0.261 e. The van der Waals surface area contributed by atoms with Gasteiger partial charge in [0.15, 0.2) is 10.3 Å². The Balaban J connectivity index is 1.54. The van der Waals surface area contributed by atoms with Crippen LogP contribution in [0.4, 0.5) is 9.52 Å². The van der Waals surface area contributed by atoms with Gasteiger partial charge in [-0.1, -0.05) is 11.3 Å². The molecule has 0 radical (unpaired) electrons. The van der Waals surface area contributed by atoms with Crippen LogP contribution in [0.25, 0.3) is 11.5 Å². The molecule has 0 spiro atoms. The van der Waals surface area contributed by atoms with Gasteiger partial charge in [0.2, 0.25) is 11.8 Å². The maximum Gasteiger partial charge on any atom is 0.261 e. The van der Waals surface area contributed by atoms with Gasteiger partial charge in [-0.05, 0) is 43.3 Å². The van der Waals surface area contributed by atoms with E-state index in [-0.39, 0.29) is 22.5 Å². The molecular weight excluding hydrogens is 463 g/mol. The van der Waals surface area contributed by atoms with Crippen LogP contribution in [0, 0.1) is 12.1 Å². The molecule has 0 saturated heterocycles. The Morgan fingerprint density at radius 1 is 1.18 bits per heavy atom. The normalized spacial score (nSPS) is 11.8. The summed E-state index contributed by atoms with van der Waals surface area (Å²) in [6, 6.07) is 11.9. The lowest BCUT2D eigenvalue weighted by molar-refractivity contribution is 0.0890. The molecule has 176 valence electrons. The summed E-state index contributed by atoms with van der Waals surface area (Å²) < 4.78 is 35.7. The Morgan fingerprint density at radius 3 is 2.59 bits per heavy atom. The summed E-state index contributed by atoms with van der Waals surface area (Å²) in [4.78, 5) is 16.6. The number of amides is 1. The lowest BCUT2D eigenvalue weighted by Crippen LogP contribution is -2.21. The molecule has 1 atom stereocenters. The zero-order chi connectivity index (χ0) is 24.1. The Bertz CT molecular complexity index is 1270. The van der Waals surface area contributed by atoms with Gasteiger partial charge in [0.25, 0.3) is 5.91 Å². The molecule has 1 amide bonds. The molecule has 4 aromatic rings. The van der Waals surface area contributed by atoms with Gasteiger partial charge in [0.1, 0.15) is 23.4 Å². The van der Waals surface area contributed by atoms with E-state index in [2.05, 4.69) is 20.5 Å². The fourth-order valence-corrected chi connectivity index (χ4v) is 3.57. The molecule has 0 aliphatic heterocycles. The van der Waals surface area contributed by atoms with Gasteiger partial charge in [-0.3, -0.25) is 10.1 Å². The number of hydrogen-bond acceptors (Lipinski definition) is 9. The minimum absolute atomic E-state index is 0.148. The summed E-state index contributed by atoms with van der Waals surface area (Å²) in [6.45, 7) is 3.85. The third-order valence-corrected chi connectivity index (χ3v) is 5.19. The second-order valence-electron chi connectivity index (χ2n) is 7.22. The molecule has 2 aromatic heterocycles. The van der Waals surface area contributed by atoms with Crippen LogP contribution in [0.5, 0.6) is 17.2 Å². The molecule has 4 rings (SSSR count). The fourth-order valence-electron chi connectivity index (χ4n) is 3.03. The monoisotopic (exact) mass is 484 g/mol. The Hall–Kier alpha value is -3.83. The molecule has 0 aliphatic carbocycles. The van der Waals surface area contributed by atoms with Crippen LogP contribution in [0.2, 0.25) is 0 Å². The van der Waals surface area contributed by atoms with Crippen LogP contribution in [-0.4, -0.2) is 40.9 Å². The number of aryl methyl sites for hydroxylation is 1. The van der Waals surface area contributed by atoms with E-state index >= 15 is 0 Å². The first-order valence-electron chi connectivity index (χ1n) is 10.2. The molecule has 0 bridgehead atoms. The lowest BCUT2D eigenvalue weighted by atomic mass is 10.1. The highest BCUT2D eigenvalue weighted by molar-refractivity contribution is 7.14. The Morgan fingerprint density at radius 2 is 1.94 bits per heavy atom. The zero-order valence-electron chi connectivity index (χ0n) is 18.6. The van der Waals surface area contributed by atoms with Crippen molar-refractivity contribution in [2.75, 3.05) is 19.0 Å². The minimum Gasteiger partial charge on any atom is -0.487 e. The third-order valence-electron chi connectivity index (χ3n) is 4.49. The summed E-state index contributed by atoms with van der Waals surface area (Å²) in [5, 5.41) is 10.0. The summed E-state index contributed by atoms with van der Waals surface area (Å²) in [5.41, 5.74) is 1.00. The number of halogens is 1. The van der Waals surface area contributed by atoms with E-state index < -0.39 is 11.0 Å². The molecule has 2 heterocycles. The van der Waals surface area contributed by atoms with E-state index in [1.807, 2.05) is 6.92 Å². The number of anilines is 1. The zero-order valence-corrected chi connectivity index (χ0v) is 19.4. The van der Waals surface area contributed by atoms with Crippen LogP contribution < -0.4 is 14.8 Å². The quantitative estimate of drug-likeness (QED) is 0.350. The van der Waals surface area contributed by atoms with Gasteiger partial charge < -0.3 is 18.6 Å². The summed E-state index contributed by atoms with van der Waals surface area (Å²) in [7, 11) is 1.56. The van der Waals surface area contributed by atoms with Gasteiger partial charge in [-0.15, -0.1) is 10.2 Å². The first kappa shape index (κ1) is 23.3. The van der Waals surface area contributed by atoms with Crippen molar-refractivity contribution in [2.24, 2.45) is 0 Å². The number of nitrogens with zero attached hydrogens (tertiary/aromatic N) is 3. The second kappa shape index (κ2) is 10.4. The molecule has 34 heavy (non-hydrogen) atoms. The maximum absolute atomic E-state index is 13.2. The first-order chi connectivity index (χ1) is 16.4. The van der Waals surface area contributed by atoms with Crippen molar-refractivity contribution in [1.82, 2.24) is 15.2 Å².